The Bertz CT molecular complexity index is 1830. The monoisotopic (exact) mass is 708 g/mol. The van der Waals surface area contributed by atoms with Crippen molar-refractivity contribution in [3.8, 4) is 11.5 Å². The standard InChI is InChI=1S/C32H32N6O9S2/c1-13-11-48-30-21(35-25(41)19(33)15-3-7-17(39)8-4-15)28(44)37(30)23(13)27(43)34-20(16-5-9-18(40)10-6-16)26(42)36-22-29(45)38-24(32(46)47)14(2)12-49-31(22)38/h3-10,19-22,30-31,39-40H,11-12,33H2,1-2H3,(H,34,43)(H,35,41)(H,36,42)(H,46,47)/t19?,20-,21?,22-,30-,31-/m1/s1. The summed E-state index contributed by atoms with van der Waals surface area (Å²) in [5, 5.41) is 35.7. The first-order chi connectivity index (χ1) is 23.3. The number of phenolic OH excluding ortho intramolecular Hbond substituents is 2. The fourth-order valence-corrected chi connectivity index (χ4v) is 8.63. The van der Waals surface area contributed by atoms with E-state index in [4.69, 9.17) is 5.73 Å². The molecule has 2 saturated heterocycles. The first-order valence-electron chi connectivity index (χ1n) is 15.1. The highest BCUT2D eigenvalue weighted by Crippen LogP contribution is 2.42. The Hall–Kier alpha value is -5.00. The molecule has 8 N–H and O–H groups in total. The molecule has 0 aromatic heterocycles. The van der Waals surface area contributed by atoms with E-state index in [1.807, 2.05) is 0 Å². The Morgan fingerprint density at radius 3 is 1.71 bits per heavy atom. The quantitative estimate of drug-likeness (QED) is 0.175. The lowest BCUT2D eigenvalue weighted by atomic mass is 9.99. The number of carboxylic acids is 1. The van der Waals surface area contributed by atoms with E-state index in [2.05, 4.69) is 16.0 Å². The van der Waals surface area contributed by atoms with Crippen LogP contribution in [-0.2, 0) is 28.8 Å². The average Bonchev–Trinajstić information content (AvgIpc) is 3.08. The van der Waals surface area contributed by atoms with Crippen LogP contribution >= 0.6 is 23.5 Å². The van der Waals surface area contributed by atoms with Gasteiger partial charge in [0.15, 0.2) is 0 Å². The van der Waals surface area contributed by atoms with Crippen LogP contribution in [-0.4, -0.2) is 95.0 Å². The number of rotatable bonds is 9. The smallest absolute Gasteiger partial charge is 0.352 e. The lowest BCUT2D eigenvalue weighted by Gasteiger charge is -2.50. The van der Waals surface area contributed by atoms with Crippen molar-refractivity contribution < 1.29 is 44.1 Å². The van der Waals surface area contributed by atoms with Gasteiger partial charge in [-0.15, -0.1) is 23.5 Å². The van der Waals surface area contributed by atoms with E-state index >= 15 is 0 Å². The number of aliphatic carboxylic acids is 1. The van der Waals surface area contributed by atoms with Crippen LogP contribution in [0.5, 0.6) is 11.5 Å². The van der Waals surface area contributed by atoms with Crippen LogP contribution in [0.1, 0.15) is 37.1 Å². The summed E-state index contributed by atoms with van der Waals surface area (Å²) in [4.78, 5) is 81.2. The molecule has 0 aliphatic carbocycles. The van der Waals surface area contributed by atoms with E-state index in [1.165, 1.54) is 77.0 Å². The van der Waals surface area contributed by atoms with E-state index in [0.717, 1.165) is 4.90 Å². The number of hydrogen-bond donors (Lipinski definition) is 7. The summed E-state index contributed by atoms with van der Waals surface area (Å²) < 4.78 is 0. The maximum atomic E-state index is 13.9. The second-order valence-electron chi connectivity index (χ2n) is 11.9. The number of benzene rings is 2. The molecule has 2 aromatic carbocycles. The molecule has 0 saturated carbocycles. The second-order valence-corrected chi connectivity index (χ2v) is 14.1. The molecule has 15 nitrogen and oxygen atoms in total. The van der Waals surface area contributed by atoms with Crippen LogP contribution in [0.15, 0.2) is 71.1 Å². The molecule has 0 spiro atoms. The van der Waals surface area contributed by atoms with Gasteiger partial charge in [-0.05, 0) is 60.4 Å². The molecule has 5 amide bonds. The molecule has 49 heavy (non-hydrogen) atoms. The van der Waals surface area contributed by atoms with Crippen LogP contribution < -0.4 is 21.7 Å². The fourth-order valence-electron chi connectivity index (χ4n) is 6.05. The summed E-state index contributed by atoms with van der Waals surface area (Å²) in [5.74, 6) is -3.92. The van der Waals surface area contributed by atoms with Crippen LogP contribution in [0.25, 0.3) is 0 Å². The molecule has 256 valence electrons. The lowest BCUT2D eigenvalue weighted by molar-refractivity contribution is -0.151. The van der Waals surface area contributed by atoms with Crippen LogP contribution in [0, 0.1) is 0 Å². The number of carboxylic acid groups (broad SMARTS) is 1. The zero-order valence-electron chi connectivity index (χ0n) is 26.1. The first kappa shape index (κ1) is 33.9. The zero-order chi connectivity index (χ0) is 35.3. The molecule has 6 atom stereocenters. The van der Waals surface area contributed by atoms with E-state index in [1.54, 1.807) is 13.8 Å². The van der Waals surface area contributed by atoms with Crippen LogP contribution in [0.2, 0.25) is 0 Å². The molecule has 2 fully saturated rings. The van der Waals surface area contributed by atoms with Crippen molar-refractivity contribution in [1.82, 2.24) is 25.8 Å². The molecule has 4 aliphatic rings. The van der Waals surface area contributed by atoms with Gasteiger partial charge in [0.1, 0.15) is 57.8 Å². The molecule has 2 aromatic rings. The normalized spacial score (nSPS) is 24.1. The maximum Gasteiger partial charge on any atom is 0.352 e. The van der Waals surface area contributed by atoms with E-state index in [0.29, 0.717) is 28.2 Å². The number of thioether (sulfide) groups is 2. The summed E-state index contributed by atoms with van der Waals surface area (Å²) in [6.45, 7) is 3.30. The van der Waals surface area contributed by atoms with Crippen molar-refractivity contribution in [2.45, 2.75) is 48.8 Å². The van der Waals surface area contributed by atoms with Gasteiger partial charge in [-0.2, -0.15) is 0 Å². The highest BCUT2D eigenvalue weighted by atomic mass is 32.2. The number of nitrogens with one attached hydrogen (secondary N) is 3. The zero-order valence-corrected chi connectivity index (χ0v) is 27.7. The molecule has 2 unspecified atom stereocenters. The molecule has 0 bridgehead atoms. The Morgan fingerprint density at radius 2 is 1.20 bits per heavy atom. The Kier molecular flexibility index (Phi) is 9.08. The predicted molar refractivity (Wildman–Crippen MR) is 177 cm³/mol. The van der Waals surface area contributed by atoms with Crippen molar-refractivity contribution in [2.24, 2.45) is 5.73 Å². The van der Waals surface area contributed by atoms with E-state index < -0.39 is 70.4 Å². The third-order valence-electron chi connectivity index (χ3n) is 8.63. The predicted octanol–water partition coefficient (Wildman–Crippen LogP) is 0.388. The minimum Gasteiger partial charge on any atom is -0.508 e. The number of aromatic hydroxyl groups is 2. The minimum atomic E-state index is -1.37. The molecule has 6 rings (SSSR count). The number of carbonyl (C=O) groups is 6. The first-order valence-corrected chi connectivity index (χ1v) is 17.2. The van der Waals surface area contributed by atoms with Gasteiger partial charge < -0.3 is 37.0 Å². The molecular formula is C32H32N6O9S2. The largest absolute Gasteiger partial charge is 0.508 e. The summed E-state index contributed by atoms with van der Waals surface area (Å²) in [6, 6.07) is 6.77. The van der Waals surface area contributed by atoms with Gasteiger partial charge >= 0.3 is 5.97 Å². The molecule has 4 heterocycles. The summed E-state index contributed by atoms with van der Waals surface area (Å²) in [5.41, 5.74) is 7.76. The van der Waals surface area contributed by atoms with Crippen molar-refractivity contribution >= 4 is 59.0 Å². The Labute approximate surface area is 287 Å². The third-order valence-corrected chi connectivity index (χ3v) is 11.5. The number of amides is 5. The summed E-state index contributed by atoms with van der Waals surface area (Å²) in [7, 11) is 0. The Morgan fingerprint density at radius 1 is 0.755 bits per heavy atom. The fraction of sp³-hybridized carbons (Fsp3) is 0.312. The lowest BCUT2D eigenvalue weighted by Crippen LogP contribution is -2.72. The van der Waals surface area contributed by atoms with Gasteiger partial charge in [-0.3, -0.25) is 33.8 Å². The second kappa shape index (κ2) is 13.1. The van der Waals surface area contributed by atoms with Gasteiger partial charge in [-0.1, -0.05) is 24.3 Å². The number of carbonyl (C=O) groups excluding carboxylic acids is 5. The molecule has 0 radical (unpaired) electrons. The topological polar surface area (TPSA) is 232 Å². The van der Waals surface area contributed by atoms with E-state index in [9.17, 15) is 44.1 Å². The van der Waals surface area contributed by atoms with Gasteiger partial charge in [-0.25, -0.2) is 4.79 Å². The van der Waals surface area contributed by atoms with Crippen molar-refractivity contribution in [3.05, 3.63) is 82.2 Å². The molecule has 4 aliphatic heterocycles. The molecular weight excluding hydrogens is 677 g/mol. The summed E-state index contributed by atoms with van der Waals surface area (Å²) in [6.07, 6.45) is 0. The highest BCUT2D eigenvalue weighted by Gasteiger charge is 2.55. The highest BCUT2D eigenvalue weighted by molar-refractivity contribution is 8.00. The molecule has 17 heteroatoms. The number of phenols is 2. The SMILES string of the molecule is CC1=C(C(=O)N[C@@H](C(=O)N[C@@H]2C(=O)N3C(C(=O)O)=C(C)CS[C@H]23)c2ccc(O)cc2)N2C(=O)C(NC(=O)C(N)c3ccc(O)cc3)[C@H]2SC1. The summed E-state index contributed by atoms with van der Waals surface area (Å²) >= 11 is 2.65. The maximum absolute atomic E-state index is 13.9. The van der Waals surface area contributed by atoms with Crippen LogP contribution in [0.3, 0.4) is 0 Å². The average molecular weight is 709 g/mol. The van der Waals surface area contributed by atoms with Gasteiger partial charge in [0.2, 0.25) is 11.8 Å². The number of fused-ring (bicyclic) bond motifs is 2. The van der Waals surface area contributed by atoms with Gasteiger partial charge in [0.05, 0.1) is 0 Å². The number of nitrogens with zero attached hydrogens (tertiary/aromatic N) is 2. The number of nitrogens with two attached hydrogens (primary N) is 1. The van der Waals surface area contributed by atoms with E-state index in [-0.39, 0.29) is 28.5 Å². The van der Waals surface area contributed by atoms with Crippen molar-refractivity contribution in [1.29, 1.82) is 0 Å². The number of hydrogen-bond acceptors (Lipinski definition) is 11. The third kappa shape index (κ3) is 6.08. The van der Waals surface area contributed by atoms with Gasteiger partial charge in [0, 0.05) is 11.5 Å². The Balaban J connectivity index is 1.17. The number of β-lactam (4-membered cyclic amide) rings is 2. The van der Waals surface area contributed by atoms with Gasteiger partial charge in [0.25, 0.3) is 17.7 Å². The van der Waals surface area contributed by atoms with Crippen molar-refractivity contribution in [2.75, 3.05) is 11.5 Å². The van der Waals surface area contributed by atoms with Crippen LogP contribution in [0.4, 0.5) is 0 Å². The minimum absolute atomic E-state index is 0.00564. The van der Waals surface area contributed by atoms with Crippen molar-refractivity contribution in [3.63, 3.8) is 0 Å².